The maximum absolute atomic E-state index is 13.0. The van der Waals surface area contributed by atoms with Crippen LogP contribution in [-0.2, 0) is 14.4 Å². The SMILES string of the molecule is COc1cc(OCCCN2CCOCC2)c(/C=C/C(=O)c2ccc(S(N)(=O)=C(C)C)cc2)cc1-c1cccs1. The lowest BCUT2D eigenvalue weighted by Crippen LogP contribution is -2.37. The van der Waals surface area contributed by atoms with Gasteiger partial charge in [0.25, 0.3) is 0 Å². The van der Waals surface area contributed by atoms with Crippen LogP contribution < -0.4 is 14.6 Å². The molecule has 2 aromatic carbocycles. The van der Waals surface area contributed by atoms with Crippen molar-refractivity contribution < 1.29 is 23.2 Å². The molecular formula is C30H36N2O5S2. The monoisotopic (exact) mass is 568 g/mol. The largest absolute Gasteiger partial charge is 0.496 e. The molecule has 0 aliphatic carbocycles. The summed E-state index contributed by atoms with van der Waals surface area (Å²) in [6, 6.07) is 14.6. The highest BCUT2D eigenvalue weighted by atomic mass is 32.2. The van der Waals surface area contributed by atoms with Gasteiger partial charge in [-0.05, 0) is 79.1 Å². The van der Waals surface area contributed by atoms with E-state index < -0.39 is 9.71 Å². The zero-order valence-electron chi connectivity index (χ0n) is 22.7. The zero-order valence-corrected chi connectivity index (χ0v) is 24.3. The minimum atomic E-state index is -2.73. The number of thiophene rings is 1. The number of methoxy groups -OCH3 is 1. The van der Waals surface area contributed by atoms with Crippen LogP contribution in [0, 0.1) is 0 Å². The molecule has 1 unspecified atom stereocenters. The predicted molar refractivity (Wildman–Crippen MR) is 160 cm³/mol. The number of ether oxygens (including phenoxy) is 3. The van der Waals surface area contributed by atoms with E-state index in [2.05, 4.69) is 4.90 Å². The van der Waals surface area contributed by atoms with Crippen molar-refractivity contribution in [3.05, 3.63) is 71.1 Å². The van der Waals surface area contributed by atoms with Gasteiger partial charge in [-0.3, -0.25) is 14.8 Å². The van der Waals surface area contributed by atoms with E-state index in [1.807, 2.05) is 29.6 Å². The number of hydrogen-bond donors (Lipinski definition) is 1. The van der Waals surface area contributed by atoms with Gasteiger partial charge >= 0.3 is 0 Å². The lowest BCUT2D eigenvalue weighted by Gasteiger charge is -2.26. The first-order valence-electron chi connectivity index (χ1n) is 12.9. The molecule has 1 fully saturated rings. The van der Waals surface area contributed by atoms with Gasteiger partial charge in [-0.1, -0.05) is 6.07 Å². The molecule has 39 heavy (non-hydrogen) atoms. The number of morpholine rings is 1. The summed E-state index contributed by atoms with van der Waals surface area (Å²) in [5.74, 6) is 1.20. The summed E-state index contributed by atoms with van der Waals surface area (Å²) < 4.78 is 30.0. The van der Waals surface area contributed by atoms with Gasteiger partial charge in [0.2, 0.25) is 0 Å². The Morgan fingerprint density at radius 1 is 1.13 bits per heavy atom. The van der Waals surface area contributed by atoms with Crippen molar-refractivity contribution in [3.63, 3.8) is 0 Å². The molecule has 1 atom stereocenters. The van der Waals surface area contributed by atoms with Crippen molar-refractivity contribution in [1.29, 1.82) is 0 Å². The summed E-state index contributed by atoms with van der Waals surface area (Å²) in [5, 5.41) is 8.01. The van der Waals surface area contributed by atoms with Crippen molar-refractivity contribution in [1.82, 2.24) is 4.90 Å². The van der Waals surface area contributed by atoms with E-state index in [0.29, 0.717) is 33.4 Å². The lowest BCUT2D eigenvalue weighted by atomic mass is 10.0. The molecule has 3 aromatic rings. The second-order valence-electron chi connectivity index (χ2n) is 9.45. The van der Waals surface area contributed by atoms with Gasteiger partial charge in [0, 0.05) is 52.2 Å². The topological polar surface area (TPSA) is 91.1 Å². The highest BCUT2D eigenvalue weighted by Crippen LogP contribution is 2.39. The minimum absolute atomic E-state index is 0.172. The Morgan fingerprint density at radius 2 is 1.87 bits per heavy atom. The average molecular weight is 569 g/mol. The van der Waals surface area contributed by atoms with Gasteiger partial charge in [-0.15, -0.1) is 11.3 Å². The van der Waals surface area contributed by atoms with Crippen LogP contribution in [0.4, 0.5) is 0 Å². The Hall–Kier alpha value is -2.95. The number of nitrogens with two attached hydrogens (primary N) is 1. The first-order valence-corrected chi connectivity index (χ1v) is 15.4. The standard InChI is InChI=1S/C30H36N2O5S2/c1-22(2)39(31,34)25-10-7-23(8-11-25)27(33)12-9-24-20-26(30-6-4-19-38-30)29(35-3)21-28(24)37-16-5-13-32-14-17-36-18-15-32/h4,6-12,19-21H,5,13-18H2,1-3H3,(H2,31,34)/b12-9+. The van der Waals surface area contributed by atoms with E-state index in [9.17, 15) is 9.00 Å². The van der Waals surface area contributed by atoms with Crippen LogP contribution in [-0.4, -0.2) is 66.3 Å². The van der Waals surface area contributed by atoms with Crippen molar-refractivity contribution in [2.45, 2.75) is 25.2 Å². The molecule has 2 heterocycles. The Morgan fingerprint density at radius 3 is 2.51 bits per heavy atom. The van der Waals surface area contributed by atoms with Crippen LogP contribution >= 0.6 is 11.3 Å². The number of carbonyl (C=O) groups excluding carboxylic acids is 1. The highest BCUT2D eigenvalue weighted by molar-refractivity contribution is 8.00. The third-order valence-electron chi connectivity index (χ3n) is 6.61. The van der Waals surface area contributed by atoms with Crippen LogP contribution in [0.5, 0.6) is 11.5 Å². The van der Waals surface area contributed by atoms with Crippen molar-refractivity contribution >= 4 is 37.8 Å². The fourth-order valence-electron chi connectivity index (χ4n) is 4.24. The molecule has 2 N–H and O–H groups in total. The van der Waals surface area contributed by atoms with Gasteiger partial charge in [0.15, 0.2) is 5.78 Å². The van der Waals surface area contributed by atoms with E-state index in [1.165, 1.54) is 6.08 Å². The van der Waals surface area contributed by atoms with Crippen molar-refractivity contribution in [2.24, 2.45) is 5.14 Å². The molecule has 4 rings (SSSR count). The summed E-state index contributed by atoms with van der Waals surface area (Å²) in [4.78, 5) is 17.6. The fraction of sp³-hybridized carbons (Fsp3) is 0.333. The van der Waals surface area contributed by atoms with Crippen LogP contribution in [0.15, 0.2) is 64.9 Å². The Labute approximate surface area is 235 Å². The first kappa shape index (κ1) is 29.0. The van der Waals surface area contributed by atoms with Gasteiger partial charge in [-0.25, -0.2) is 4.21 Å². The minimum Gasteiger partial charge on any atom is -0.496 e. The summed E-state index contributed by atoms with van der Waals surface area (Å²) in [5.41, 5.74) is 2.21. The van der Waals surface area contributed by atoms with E-state index >= 15 is 0 Å². The molecule has 208 valence electrons. The summed E-state index contributed by atoms with van der Waals surface area (Å²) in [7, 11) is -1.08. The van der Waals surface area contributed by atoms with Crippen molar-refractivity contribution in [2.75, 3.05) is 46.6 Å². The van der Waals surface area contributed by atoms with Crippen LogP contribution in [0.3, 0.4) is 0 Å². The number of allylic oxidation sites excluding steroid dienone is 1. The quantitative estimate of drug-likeness (QED) is 0.149. The van der Waals surface area contributed by atoms with E-state index in [0.717, 1.165) is 55.3 Å². The van der Waals surface area contributed by atoms with E-state index in [1.54, 1.807) is 62.6 Å². The smallest absolute Gasteiger partial charge is 0.185 e. The molecule has 1 aliphatic heterocycles. The number of ketones is 1. The number of rotatable bonds is 11. The number of nitrogens with zero attached hydrogens (tertiary/aromatic N) is 1. The molecule has 1 aliphatic rings. The third-order valence-corrected chi connectivity index (χ3v) is 9.70. The molecule has 0 radical (unpaired) electrons. The maximum atomic E-state index is 13.0. The normalized spacial score (nSPS) is 15.7. The molecule has 1 aromatic heterocycles. The van der Waals surface area contributed by atoms with E-state index in [4.69, 9.17) is 19.3 Å². The molecule has 0 saturated carbocycles. The molecule has 0 spiro atoms. The number of benzene rings is 2. The Kier molecular flexibility index (Phi) is 9.99. The summed E-state index contributed by atoms with van der Waals surface area (Å²) in [6.45, 7) is 8.40. The average Bonchev–Trinajstić information content (AvgIpc) is 3.49. The number of carbonyl (C=O) groups is 1. The Balaban J connectivity index is 1.55. The zero-order chi connectivity index (χ0) is 27.8. The molecule has 7 nitrogen and oxygen atoms in total. The van der Waals surface area contributed by atoms with Crippen LogP contribution in [0.2, 0.25) is 0 Å². The highest BCUT2D eigenvalue weighted by Gasteiger charge is 2.15. The van der Waals surface area contributed by atoms with Gasteiger partial charge in [0.1, 0.15) is 11.5 Å². The van der Waals surface area contributed by atoms with E-state index in [-0.39, 0.29) is 5.78 Å². The number of hydrogen-bond acceptors (Lipinski definition) is 7. The third kappa shape index (κ3) is 7.38. The first-order chi connectivity index (χ1) is 18.8. The lowest BCUT2D eigenvalue weighted by molar-refractivity contribution is 0.0358. The fourth-order valence-corrected chi connectivity index (χ4v) is 6.00. The molecule has 0 amide bonds. The van der Waals surface area contributed by atoms with Gasteiger partial charge in [-0.2, -0.15) is 0 Å². The Bertz CT molecular complexity index is 1410. The molecular weight excluding hydrogens is 532 g/mol. The second kappa shape index (κ2) is 13.4. The summed E-state index contributed by atoms with van der Waals surface area (Å²) >= 11 is 1.62. The molecule has 9 heteroatoms. The van der Waals surface area contributed by atoms with Crippen molar-refractivity contribution in [3.8, 4) is 21.9 Å². The molecule has 1 saturated heterocycles. The van der Waals surface area contributed by atoms with Gasteiger partial charge in [0.05, 0.1) is 36.6 Å². The molecule has 0 bridgehead atoms. The predicted octanol–water partition coefficient (Wildman–Crippen LogP) is 5.15. The maximum Gasteiger partial charge on any atom is 0.185 e. The van der Waals surface area contributed by atoms with Crippen LogP contribution in [0.1, 0.15) is 36.2 Å². The summed E-state index contributed by atoms with van der Waals surface area (Å²) in [6.07, 6.45) is 4.19. The van der Waals surface area contributed by atoms with Crippen LogP contribution in [0.25, 0.3) is 16.5 Å². The second-order valence-corrected chi connectivity index (χ2v) is 12.9. The van der Waals surface area contributed by atoms with Gasteiger partial charge < -0.3 is 14.2 Å².